The first-order valence-corrected chi connectivity index (χ1v) is 8.96. The van der Waals surface area contributed by atoms with E-state index in [9.17, 15) is 4.79 Å². The number of nitrogens with zero attached hydrogens (tertiary/aromatic N) is 1. The third kappa shape index (κ3) is 5.12. The molecule has 0 aromatic carbocycles. The minimum Gasteiger partial charge on any atom is -0.340 e. The van der Waals surface area contributed by atoms with Gasteiger partial charge in [0, 0.05) is 30.6 Å². The molecule has 1 N–H and O–H groups in total. The quantitative estimate of drug-likeness (QED) is 0.864. The van der Waals surface area contributed by atoms with E-state index in [1.807, 2.05) is 11.8 Å². The van der Waals surface area contributed by atoms with Gasteiger partial charge in [-0.2, -0.15) is 11.8 Å². The summed E-state index contributed by atoms with van der Waals surface area (Å²) in [4.78, 5) is 14.7. The molecule has 1 heterocycles. The SMILES string of the molecule is CC(C)[C@H](NC1CCCCC1)C(=O)N1CCSCC1.Cl. The monoisotopic (exact) mass is 320 g/mol. The van der Waals surface area contributed by atoms with E-state index < -0.39 is 0 Å². The minimum absolute atomic E-state index is 0. The maximum Gasteiger partial charge on any atom is 0.240 e. The van der Waals surface area contributed by atoms with Gasteiger partial charge in [-0.25, -0.2) is 0 Å². The van der Waals surface area contributed by atoms with Crippen molar-refractivity contribution < 1.29 is 4.79 Å². The number of rotatable bonds is 4. The Kier molecular flexibility index (Phi) is 8.30. The molecule has 1 saturated heterocycles. The van der Waals surface area contributed by atoms with Gasteiger partial charge in [-0.05, 0) is 18.8 Å². The number of nitrogens with one attached hydrogen (secondary N) is 1. The van der Waals surface area contributed by atoms with E-state index in [0.717, 1.165) is 24.6 Å². The van der Waals surface area contributed by atoms with Crippen LogP contribution in [-0.4, -0.2) is 47.5 Å². The largest absolute Gasteiger partial charge is 0.340 e. The summed E-state index contributed by atoms with van der Waals surface area (Å²) in [5, 5.41) is 3.65. The fourth-order valence-electron chi connectivity index (χ4n) is 3.05. The Morgan fingerprint density at radius 1 is 1.15 bits per heavy atom. The van der Waals surface area contributed by atoms with Gasteiger partial charge < -0.3 is 10.2 Å². The van der Waals surface area contributed by atoms with Crippen molar-refractivity contribution in [3.8, 4) is 0 Å². The van der Waals surface area contributed by atoms with Crippen LogP contribution in [0, 0.1) is 5.92 Å². The summed E-state index contributed by atoms with van der Waals surface area (Å²) < 4.78 is 0. The smallest absolute Gasteiger partial charge is 0.240 e. The van der Waals surface area contributed by atoms with E-state index in [4.69, 9.17) is 0 Å². The van der Waals surface area contributed by atoms with Gasteiger partial charge in [0.2, 0.25) is 5.91 Å². The summed E-state index contributed by atoms with van der Waals surface area (Å²) in [6.07, 6.45) is 6.48. The maximum atomic E-state index is 12.7. The fraction of sp³-hybridized carbons (Fsp3) is 0.933. The highest BCUT2D eigenvalue weighted by molar-refractivity contribution is 7.99. The van der Waals surface area contributed by atoms with Crippen LogP contribution in [0.1, 0.15) is 46.0 Å². The summed E-state index contributed by atoms with van der Waals surface area (Å²) in [6.45, 7) is 6.19. The third-order valence-corrected chi connectivity index (χ3v) is 5.22. The zero-order chi connectivity index (χ0) is 13.7. The third-order valence-electron chi connectivity index (χ3n) is 4.28. The first-order chi connectivity index (χ1) is 9.18. The lowest BCUT2D eigenvalue weighted by Gasteiger charge is -2.35. The molecule has 2 rings (SSSR count). The van der Waals surface area contributed by atoms with Crippen molar-refractivity contribution in [3.63, 3.8) is 0 Å². The molecule has 1 aliphatic heterocycles. The summed E-state index contributed by atoms with van der Waals surface area (Å²) in [7, 11) is 0. The van der Waals surface area contributed by atoms with Gasteiger partial charge in [-0.1, -0.05) is 33.1 Å². The van der Waals surface area contributed by atoms with Crippen LogP contribution in [-0.2, 0) is 4.79 Å². The molecule has 20 heavy (non-hydrogen) atoms. The molecule has 0 unspecified atom stereocenters. The van der Waals surface area contributed by atoms with E-state index >= 15 is 0 Å². The number of amides is 1. The fourth-order valence-corrected chi connectivity index (χ4v) is 3.96. The molecule has 3 nitrogen and oxygen atoms in total. The molecule has 1 atom stereocenters. The van der Waals surface area contributed by atoms with Crippen LogP contribution in [0.15, 0.2) is 0 Å². The second kappa shape index (κ2) is 9.16. The molecule has 2 aliphatic rings. The molecule has 1 aliphatic carbocycles. The van der Waals surface area contributed by atoms with Crippen molar-refractivity contribution in [1.29, 1.82) is 0 Å². The summed E-state index contributed by atoms with van der Waals surface area (Å²) in [6, 6.07) is 0.579. The summed E-state index contributed by atoms with van der Waals surface area (Å²) >= 11 is 1.96. The van der Waals surface area contributed by atoms with Crippen molar-refractivity contribution in [2.45, 2.75) is 58.0 Å². The molecule has 2 fully saturated rings. The number of carbonyl (C=O) groups excluding carboxylic acids is 1. The van der Waals surface area contributed by atoms with Gasteiger partial charge in [0.15, 0.2) is 0 Å². The van der Waals surface area contributed by atoms with Crippen molar-refractivity contribution >= 4 is 30.1 Å². The van der Waals surface area contributed by atoms with Crippen LogP contribution in [0.5, 0.6) is 0 Å². The van der Waals surface area contributed by atoms with Gasteiger partial charge in [0.05, 0.1) is 6.04 Å². The number of halogens is 1. The molecular formula is C15H29ClN2OS. The first kappa shape index (κ1) is 18.1. The van der Waals surface area contributed by atoms with Crippen LogP contribution in [0.3, 0.4) is 0 Å². The predicted molar refractivity (Wildman–Crippen MR) is 89.8 cm³/mol. The molecule has 1 amide bonds. The molecule has 0 spiro atoms. The molecular weight excluding hydrogens is 292 g/mol. The van der Waals surface area contributed by atoms with Crippen molar-refractivity contribution in [3.05, 3.63) is 0 Å². The Balaban J connectivity index is 0.00000200. The lowest BCUT2D eigenvalue weighted by Crippen LogP contribution is -2.54. The second-order valence-corrected chi connectivity index (χ2v) is 7.39. The molecule has 118 valence electrons. The molecule has 5 heteroatoms. The minimum atomic E-state index is 0. The number of hydrogen-bond donors (Lipinski definition) is 1. The lowest BCUT2D eigenvalue weighted by atomic mass is 9.93. The van der Waals surface area contributed by atoms with Crippen LogP contribution in [0.2, 0.25) is 0 Å². The standard InChI is InChI=1S/C15H28N2OS.ClH/c1-12(2)14(16-13-6-4-3-5-7-13)15(18)17-8-10-19-11-9-17;/h12-14,16H,3-11H2,1-2H3;1H/t14-;/m0./s1. The van der Waals surface area contributed by atoms with Gasteiger partial charge in [-0.15, -0.1) is 12.4 Å². The van der Waals surface area contributed by atoms with Crippen LogP contribution in [0.25, 0.3) is 0 Å². The molecule has 0 aromatic heterocycles. The average molecular weight is 321 g/mol. The molecule has 0 bridgehead atoms. The van der Waals surface area contributed by atoms with Crippen molar-refractivity contribution in [2.75, 3.05) is 24.6 Å². The first-order valence-electron chi connectivity index (χ1n) is 7.81. The Morgan fingerprint density at radius 3 is 2.30 bits per heavy atom. The van der Waals surface area contributed by atoms with Crippen LogP contribution in [0.4, 0.5) is 0 Å². The van der Waals surface area contributed by atoms with Gasteiger partial charge in [-0.3, -0.25) is 4.79 Å². The highest BCUT2D eigenvalue weighted by Crippen LogP contribution is 2.20. The van der Waals surface area contributed by atoms with Crippen LogP contribution >= 0.6 is 24.2 Å². The van der Waals surface area contributed by atoms with E-state index in [2.05, 4.69) is 24.1 Å². The number of carbonyl (C=O) groups is 1. The summed E-state index contributed by atoms with van der Waals surface area (Å²) in [5.41, 5.74) is 0. The van der Waals surface area contributed by atoms with E-state index in [1.54, 1.807) is 0 Å². The van der Waals surface area contributed by atoms with Crippen molar-refractivity contribution in [1.82, 2.24) is 10.2 Å². The Morgan fingerprint density at radius 2 is 1.75 bits per heavy atom. The number of hydrogen-bond acceptors (Lipinski definition) is 3. The molecule has 0 aromatic rings. The molecule has 1 saturated carbocycles. The zero-order valence-electron chi connectivity index (χ0n) is 12.8. The van der Waals surface area contributed by atoms with Crippen molar-refractivity contribution in [2.24, 2.45) is 5.92 Å². The topological polar surface area (TPSA) is 32.3 Å². The highest BCUT2D eigenvalue weighted by Gasteiger charge is 2.30. The van der Waals surface area contributed by atoms with Crippen LogP contribution < -0.4 is 5.32 Å². The van der Waals surface area contributed by atoms with E-state index in [0.29, 0.717) is 17.9 Å². The average Bonchev–Trinajstić information content (AvgIpc) is 2.46. The molecule has 0 radical (unpaired) electrons. The van der Waals surface area contributed by atoms with Gasteiger partial charge in [0.25, 0.3) is 0 Å². The Hall–Kier alpha value is 0.0700. The second-order valence-electron chi connectivity index (χ2n) is 6.16. The number of thioether (sulfide) groups is 1. The Labute approximate surface area is 134 Å². The van der Waals surface area contributed by atoms with Gasteiger partial charge in [0.1, 0.15) is 0 Å². The normalized spacial score (nSPS) is 22.4. The highest BCUT2D eigenvalue weighted by atomic mass is 35.5. The summed E-state index contributed by atoms with van der Waals surface area (Å²) in [5.74, 6) is 2.91. The van der Waals surface area contributed by atoms with E-state index in [1.165, 1.54) is 32.1 Å². The predicted octanol–water partition coefficient (Wildman–Crippen LogP) is 2.93. The maximum absolute atomic E-state index is 12.7. The van der Waals surface area contributed by atoms with Gasteiger partial charge >= 0.3 is 0 Å². The Bertz CT molecular complexity index is 290. The zero-order valence-corrected chi connectivity index (χ0v) is 14.4. The van der Waals surface area contributed by atoms with E-state index in [-0.39, 0.29) is 18.4 Å². The lowest BCUT2D eigenvalue weighted by molar-refractivity contribution is -0.134.